The highest BCUT2D eigenvalue weighted by Gasteiger charge is 2.18. The van der Waals surface area contributed by atoms with Crippen molar-refractivity contribution >= 4 is 28.0 Å². The smallest absolute Gasteiger partial charge is 0.254 e. The minimum atomic E-state index is -1.16. The number of halogens is 2. The molecule has 1 amide bonds. The molecule has 3 aromatic heterocycles. The van der Waals surface area contributed by atoms with Gasteiger partial charge in [-0.2, -0.15) is 0 Å². The van der Waals surface area contributed by atoms with Crippen LogP contribution in [0.2, 0.25) is 0 Å². The van der Waals surface area contributed by atoms with E-state index in [1.54, 1.807) is 24.7 Å². The number of carbonyl (C=O) groups is 1. The summed E-state index contributed by atoms with van der Waals surface area (Å²) in [5.41, 5.74) is 8.00. The number of hydrogen-bond acceptors (Lipinski definition) is 4. The Morgan fingerprint density at radius 1 is 0.968 bits per heavy atom. The minimum Gasteiger partial charge on any atom is -0.365 e. The van der Waals surface area contributed by atoms with Gasteiger partial charge in [0.1, 0.15) is 22.7 Å². The lowest BCUT2D eigenvalue weighted by atomic mass is 10.1. The lowest BCUT2D eigenvalue weighted by molar-refractivity contribution is 0.0992. The van der Waals surface area contributed by atoms with Crippen LogP contribution in [0.25, 0.3) is 33.3 Å². The quantitative estimate of drug-likeness (QED) is 0.479. The van der Waals surface area contributed by atoms with Crippen molar-refractivity contribution in [1.29, 1.82) is 0 Å². The van der Waals surface area contributed by atoms with Gasteiger partial charge in [-0.05, 0) is 48.0 Å². The topological polar surface area (TPSA) is 86.7 Å². The van der Waals surface area contributed by atoms with E-state index < -0.39 is 23.1 Å². The molecule has 8 heteroatoms. The van der Waals surface area contributed by atoms with E-state index in [2.05, 4.69) is 15.0 Å². The summed E-state index contributed by atoms with van der Waals surface area (Å²) < 4.78 is 30.3. The minimum absolute atomic E-state index is 0.200. The van der Waals surface area contributed by atoms with Gasteiger partial charge in [-0.3, -0.25) is 9.78 Å². The van der Waals surface area contributed by atoms with E-state index in [1.165, 1.54) is 0 Å². The Balaban J connectivity index is 1.54. The van der Waals surface area contributed by atoms with Gasteiger partial charge in [0.15, 0.2) is 5.65 Å². The van der Waals surface area contributed by atoms with Crippen LogP contribution in [0, 0.1) is 11.6 Å². The third kappa shape index (κ3) is 3.38. The van der Waals surface area contributed by atoms with E-state index in [0.29, 0.717) is 23.4 Å². The molecule has 5 aromatic rings. The van der Waals surface area contributed by atoms with Crippen LogP contribution >= 0.6 is 0 Å². The van der Waals surface area contributed by atoms with Gasteiger partial charge in [0, 0.05) is 17.1 Å². The Kier molecular flexibility index (Phi) is 4.39. The number of amides is 1. The first kappa shape index (κ1) is 18.8. The van der Waals surface area contributed by atoms with Crippen LogP contribution in [0.5, 0.6) is 0 Å². The highest BCUT2D eigenvalue weighted by atomic mass is 19.1. The third-order valence-corrected chi connectivity index (χ3v) is 5.07. The fourth-order valence-electron chi connectivity index (χ4n) is 3.59. The van der Waals surface area contributed by atoms with Crippen LogP contribution in [-0.2, 0) is 6.54 Å². The molecule has 0 aliphatic carbocycles. The predicted molar refractivity (Wildman–Crippen MR) is 112 cm³/mol. The molecular weight excluding hydrogens is 400 g/mol. The molecule has 31 heavy (non-hydrogen) atoms. The number of hydrogen-bond donors (Lipinski definition) is 1. The fourth-order valence-corrected chi connectivity index (χ4v) is 3.59. The second-order valence-corrected chi connectivity index (χ2v) is 7.12. The maximum Gasteiger partial charge on any atom is 0.254 e. The summed E-state index contributed by atoms with van der Waals surface area (Å²) in [5, 5.41) is 1.03. The van der Waals surface area contributed by atoms with Gasteiger partial charge < -0.3 is 10.3 Å². The molecule has 0 radical (unpaired) electrons. The zero-order valence-electron chi connectivity index (χ0n) is 16.1. The average molecular weight is 415 g/mol. The van der Waals surface area contributed by atoms with Crippen molar-refractivity contribution in [3.05, 3.63) is 89.9 Å². The first-order valence-electron chi connectivity index (χ1n) is 9.44. The van der Waals surface area contributed by atoms with Crippen LogP contribution < -0.4 is 5.73 Å². The normalized spacial score (nSPS) is 11.3. The molecule has 2 N–H and O–H groups in total. The molecule has 0 atom stereocenters. The molecule has 0 unspecified atom stereocenters. The molecule has 0 bridgehead atoms. The van der Waals surface area contributed by atoms with Crippen LogP contribution in [0.4, 0.5) is 8.78 Å². The zero-order chi connectivity index (χ0) is 21.5. The van der Waals surface area contributed by atoms with Gasteiger partial charge in [0.05, 0.1) is 24.1 Å². The highest BCUT2D eigenvalue weighted by Crippen LogP contribution is 2.25. The highest BCUT2D eigenvalue weighted by molar-refractivity contribution is 5.94. The molecule has 152 valence electrons. The van der Waals surface area contributed by atoms with Crippen molar-refractivity contribution in [3.63, 3.8) is 0 Å². The SMILES string of the molecule is NC(=O)c1c(F)cc(-c2ccc3ncn(Cc4ccc5ncccc5c4)c3n2)cc1F. The lowest BCUT2D eigenvalue weighted by Crippen LogP contribution is -2.15. The van der Waals surface area contributed by atoms with Crippen molar-refractivity contribution in [2.45, 2.75) is 6.54 Å². The van der Waals surface area contributed by atoms with E-state index >= 15 is 0 Å². The molecule has 0 saturated carbocycles. The number of aromatic nitrogens is 4. The van der Waals surface area contributed by atoms with Gasteiger partial charge in [0.2, 0.25) is 0 Å². The summed E-state index contributed by atoms with van der Waals surface area (Å²) in [6, 6.07) is 15.3. The molecule has 6 nitrogen and oxygen atoms in total. The Bertz CT molecular complexity index is 1450. The molecule has 0 aliphatic heterocycles. The summed E-state index contributed by atoms with van der Waals surface area (Å²) in [7, 11) is 0. The average Bonchev–Trinajstić information content (AvgIpc) is 3.15. The van der Waals surface area contributed by atoms with Crippen molar-refractivity contribution < 1.29 is 13.6 Å². The van der Waals surface area contributed by atoms with Gasteiger partial charge >= 0.3 is 0 Å². The number of rotatable bonds is 4. The standard InChI is InChI=1S/C23H15F2N5O/c24-16-9-15(10-17(25)21(16)22(26)31)19-5-6-20-23(29-19)30(12-28-20)11-13-3-4-18-14(8-13)2-1-7-27-18/h1-10,12H,11H2,(H2,26,31). The van der Waals surface area contributed by atoms with E-state index in [-0.39, 0.29) is 5.56 Å². The Morgan fingerprint density at radius 2 is 1.74 bits per heavy atom. The number of primary amides is 1. The monoisotopic (exact) mass is 415 g/mol. The van der Waals surface area contributed by atoms with Crippen molar-refractivity contribution in [3.8, 4) is 11.3 Å². The number of pyridine rings is 2. The molecule has 3 heterocycles. The predicted octanol–water partition coefficient (Wildman–Crippen LogP) is 4.07. The summed E-state index contributed by atoms with van der Waals surface area (Å²) in [6.45, 7) is 0.515. The molecule has 5 rings (SSSR count). The Labute approximate surface area is 175 Å². The van der Waals surface area contributed by atoms with Crippen molar-refractivity contribution in [2.75, 3.05) is 0 Å². The first-order chi connectivity index (χ1) is 15.0. The molecule has 2 aromatic carbocycles. The van der Waals surface area contributed by atoms with Gasteiger partial charge in [-0.15, -0.1) is 0 Å². The van der Waals surface area contributed by atoms with Gasteiger partial charge in [-0.25, -0.2) is 18.7 Å². The fraction of sp³-hybridized carbons (Fsp3) is 0.0435. The van der Waals surface area contributed by atoms with Crippen molar-refractivity contribution in [1.82, 2.24) is 19.5 Å². The van der Waals surface area contributed by atoms with E-state index in [1.807, 2.05) is 34.9 Å². The summed E-state index contributed by atoms with van der Waals surface area (Å²) in [4.78, 5) is 24.5. The summed E-state index contributed by atoms with van der Waals surface area (Å²) in [5.74, 6) is -3.21. The van der Waals surface area contributed by atoms with Crippen LogP contribution in [0.1, 0.15) is 15.9 Å². The van der Waals surface area contributed by atoms with E-state index in [0.717, 1.165) is 28.6 Å². The number of fused-ring (bicyclic) bond motifs is 2. The summed E-state index contributed by atoms with van der Waals surface area (Å²) >= 11 is 0. The largest absolute Gasteiger partial charge is 0.365 e. The zero-order valence-corrected chi connectivity index (χ0v) is 16.1. The molecule has 0 fully saturated rings. The molecule has 0 saturated heterocycles. The second-order valence-electron chi connectivity index (χ2n) is 7.12. The number of benzene rings is 2. The lowest BCUT2D eigenvalue weighted by Gasteiger charge is -2.08. The molecule has 0 aliphatic rings. The number of nitrogens with zero attached hydrogens (tertiary/aromatic N) is 4. The van der Waals surface area contributed by atoms with Crippen LogP contribution in [0.15, 0.2) is 67.1 Å². The Hall–Kier alpha value is -4.20. The Morgan fingerprint density at radius 3 is 2.52 bits per heavy atom. The number of nitrogens with two attached hydrogens (primary N) is 1. The second kappa shape index (κ2) is 7.24. The van der Waals surface area contributed by atoms with E-state index in [4.69, 9.17) is 5.73 Å². The third-order valence-electron chi connectivity index (χ3n) is 5.07. The van der Waals surface area contributed by atoms with Crippen LogP contribution in [-0.4, -0.2) is 25.4 Å². The van der Waals surface area contributed by atoms with Gasteiger partial charge in [0.25, 0.3) is 5.91 Å². The van der Waals surface area contributed by atoms with E-state index in [9.17, 15) is 13.6 Å². The van der Waals surface area contributed by atoms with Gasteiger partial charge in [-0.1, -0.05) is 12.1 Å². The van der Waals surface area contributed by atoms with Crippen molar-refractivity contribution in [2.24, 2.45) is 5.73 Å². The summed E-state index contributed by atoms with van der Waals surface area (Å²) in [6.07, 6.45) is 3.42. The molecule has 0 spiro atoms. The maximum absolute atomic E-state index is 14.2. The maximum atomic E-state index is 14.2. The van der Waals surface area contributed by atoms with Crippen LogP contribution in [0.3, 0.4) is 0 Å². The number of carbonyl (C=O) groups excluding carboxylic acids is 1. The number of imidazole rings is 1. The molecular formula is C23H15F2N5O. The first-order valence-corrected chi connectivity index (χ1v) is 9.44.